The van der Waals surface area contributed by atoms with Crippen molar-refractivity contribution < 1.29 is 23.8 Å². The molecule has 0 saturated carbocycles. The maximum absolute atomic E-state index is 12.8. The molecule has 0 rings (SSSR count). The van der Waals surface area contributed by atoms with Crippen molar-refractivity contribution in [1.29, 1.82) is 0 Å². The van der Waals surface area contributed by atoms with Crippen LogP contribution in [0.4, 0.5) is 0 Å². The summed E-state index contributed by atoms with van der Waals surface area (Å²) in [4.78, 5) is 25.4. The van der Waals surface area contributed by atoms with E-state index >= 15 is 0 Å². The lowest BCUT2D eigenvalue weighted by Gasteiger charge is -2.18. The summed E-state index contributed by atoms with van der Waals surface area (Å²) in [6.07, 6.45) is 71.8. The zero-order chi connectivity index (χ0) is 46.3. The SMILES string of the molecule is CC/C=C\C/C=C\C/C=C\C/C=C\C/C=C\C/C=C\CCC(=O)OCC(COCCCCCCCC/C=C\CCCCCCCC)OC(=O)CCCCCCCCCCCCCCC. The highest BCUT2D eigenvalue weighted by Gasteiger charge is 2.17. The lowest BCUT2D eigenvalue weighted by molar-refractivity contribution is -0.162. The van der Waals surface area contributed by atoms with Crippen LogP contribution in [-0.2, 0) is 23.8 Å². The van der Waals surface area contributed by atoms with E-state index in [9.17, 15) is 9.59 Å². The van der Waals surface area contributed by atoms with E-state index in [1.807, 2.05) is 6.08 Å². The van der Waals surface area contributed by atoms with E-state index in [1.54, 1.807) is 0 Å². The molecule has 0 aliphatic heterocycles. The van der Waals surface area contributed by atoms with Gasteiger partial charge in [-0.05, 0) is 83.5 Å². The Kier molecular flexibility index (Phi) is 51.9. The molecule has 1 atom stereocenters. The van der Waals surface area contributed by atoms with Crippen LogP contribution in [0, 0.1) is 0 Å². The normalized spacial score (nSPS) is 12.9. The predicted molar refractivity (Wildman–Crippen MR) is 279 cm³/mol. The first kappa shape index (κ1) is 61.1. The average molecular weight is 891 g/mol. The molecule has 0 aromatic heterocycles. The van der Waals surface area contributed by atoms with Gasteiger partial charge in [0.05, 0.1) is 6.61 Å². The van der Waals surface area contributed by atoms with E-state index in [0.717, 1.165) is 64.2 Å². The number of carbonyl (C=O) groups excluding carboxylic acids is 2. The van der Waals surface area contributed by atoms with E-state index in [2.05, 4.69) is 99.8 Å². The molecular formula is C59H102O5. The number of rotatable bonds is 49. The van der Waals surface area contributed by atoms with Crippen molar-refractivity contribution in [2.75, 3.05) is 19.8 Å². The largest absolute Gasteiger partial charge is 0.462 e. The molecule has 368 valence electrons. The van der Waals surface area contributed by atoms with Crippen LogP contribution in [0.25, 0.3) is 0 Å². The third-order valence-electron chi connectivity index (χ3n) is 11.4. The van der Waals surface area contributed by atoms with Crippen molar-refractivity contribution >= 4 is 11.9 Å². The Balaban J connectivity index is 4.38. The van der Waals surface area contributed by atoms with Crippen LogP contribution in [0.15, 0.2) is 85.1 Å². The quantitative estimate of drug-likeness (QED) is 0.0346. The molecule has 64 heavy (non-hydrogen) atoms. The average Bonchev–Trinajstić information content (AvgIpc) is 3.30. The second kappa shape index (κ2) is 54.4. The lowest BCUT2D eigenvalue weighted by Crippen LogP contribution is -2.30. The van der Waals surface area contributed by atoms with Gasteiger partial charge < -0.3 is 14.2 Å². The first-order valence-electron chi connectivity index (χ1n) is 27.1. The molecule has 0 aromatic carbocycles. The van der Waals surface area contributed by atoms with Crippen molar-refractivity contribution in [3.8, 4) is 0 Å². The summed E-state index contributed by atoms with van der Waals surface area (Å²) >= 11 is 0. The van der Waals surface area contributed by atoms with Gasteiger partial charge in [0, 0.05) is 19.4 Å². The van der Waals surface area contributed by atoms with E-state index in [4.69, 9.17) is 14.2 Å². The summed E-state index contributed by atoms with van der Waals surface area (Å²) < 4.78 is 17.4. The number of carbonyl (C=O) groups is 2. The zero-order valence-corrected chi connectivity index (χ0v) is 42.3. The maximum Gasteiger partial charge on any atom is 0.306 e. The fourth-order valence-corrected chi connectivity index (χ4v) is 7.41. The van der Waals surface area contributed by atoms with Gasteiger partial charge in [0.1, 0.15) is 6.61 Å². The summed E-state index contributed by atoms with van der Waals surface area (Å²) in [5, 5.41) is 0. The topological polar surface area (TPSA) is 61.8 Å². The van der Waals surface area contributed by atoms with Crippen molar-refractivity contribution in [2.45, 2.75) is 258 Å². The summed E-state index contributed by atoms with van der Waals surface area (Å²) in [5.41, 5.74) is 0. The molecule has 0 radical (unpaired) electrons. The van der Waals surface area contributed by atoms with Gasteiger partial charge in [-0.25, -0.2) is 0 Å². The number of allylic oxidation sites excluding steroid dienone is 14. The van der Waals surface area contributed by atoms with E-state index in [0.29, 0.717) is 25.9 Å². The fraction of sp³-hybridized carbons (Fsp3) is 0.729. The Labute approximate surface area is 397 Å². The molecule has 0 fully saturated rings. The minimum Gasteiger partial charge on any atom is -0.462 e. The Hall–Kier alpha value is -2.92. The Bertz CT molecular complexity index is 1190. The van der Waals surface area contributed by atoms with Gasteiger partial charge in [0.25, 0.3) is 0 Å². The third-order valence-corrected chi connectivity index (χ3v) is 11.4. The van der Waals surface area contributed by atoms with Crippen LogP contribution in [-0.4, -0.2) is 37.9 Å². The highest BCUT2D eigenvalue weighted by molar-refractivity contribution is 5.70. The van der Waals surface area contributed by atoms with Crippen molar-refractivity contribution in [3.63, 3.8) is 0 Å². The second-order valence-electron chi connectivity index (χ2n) is 17.8. The molecule has 5 nitrogen and oxygen atoms in total. The fourth-order valence-electron chi connectivity index (χ4n) is 7.41. The molecule has 0 spiro atoms. The molecule has 0 heterocycles. The van der Waals surface area contributed by atoms with Gasteiger partial charge >= 0.3 is 11.9 Å². The molecule has 0 saturated heterocycles. The number of esters is 2. The molecule has 0 aliphatic carbocycles. The monoisotopic (exact) mass is 891 g/mol. The van der Waals surface area contributed by atoms with E-state index in [-0.39, 0.29) is 25.2 Å². The highest BCUT2D eigenvalue weighted by atomic mass is 16.6. The number of unbranched alkanes of at least 4 members (excludes halogenated alkanes) is 24. The molecular weight excluding hydrogens is 789 g/mol. The van der Waals surface area contributed by atoms with Gasteiger partial charge in [-0.1, -0.05) is 241 Å². The zero-order valence-electron chi connectivity index (χ0n) is 42.3. The van der Waals surface area contributed by atoms with Gasteiger partial charge in [-0.2, -0.15) is 0 Å². The minimum absolute atomic E-state index is 0.0420. The summed E-state index contributed by atoms with van der Waals surface area (Å²) in [6, 6.07) is 0. The summed E-state index contributed by atoms with van der Waals surface area (Å²) in [6.45, 7) is 7.63. The van der Waals surface area contributed by atoms with Crippen LogP contribution in [0.3, 0.4) is 0 Å². The molecule has 1 unspecified atom stereocenters. The van der Waals surface area contributed by atoms with Crippen LogP contribution < -0.4 is 0 Å². The highest BCUT2D eigenvalue weighted by Crippen LogP contribution is 2.15. The first-order chi connectivity index (χ1) is 31.6. The van der Waals surface area contributed by atoms with Crippen LogP contribution in [0.1, 0.15) is 252 Å². The number of ether oxygens (including phenoxy) is 3. The van der Waals surface area contributed by atoms with E-state index < -0.39 is 6.10 Å². The number of hydrogen-bond acceptors (Lipinski definition) is 5. The Morgan fingerprint density at radius 3 is 1.19 bits per heavy atom. The Morgan fingerprint density at radius 2 is 0.734 bits per heavy atom. The molecule has 0 amide bonds. The van der Waals surface area contributed by atoms with Crippen molar-refractivity contribution in [1.82, 2.24) is 0 Å². The van der Waals surface area contributed by atoms with Crippen LogP contribution in [0.5, 0.6) is 0 Å². The van der Waals surface area contributed by atoms with Gasteiger partial charge in [-0.3, -0.25) is 9.59 Å². The van der Waals surface area contributed by atoms with Gasteiger partial charge in [0.2, 0.25) is 0 Å². The predicted octanol–water partition coefficient (Wildman–Crippen LogP) is 18.5. The van der Waals surface area contributed by atoms with Gasteiger partial charge in [-0.15, -0.1) is 0 Å². The summed E-state index contributed by atoms with van der Waals surface area (Å²) in [5.74, 6) is -0.492. The third kappa shape index (κ3) is 51.7. The Morgan fingerprint density at radius 1 is 0.359 bits per heavy atom. The van der Waals surface area contributed by atoms with Crippen LogP contribution in [0.2, 0.25) is 0 Å². The number of hydrogen-bond donors (Lipinski definition) is 0. The molecule has 5 heteroatoms. The standard InChI is InChI=1S/C59H102O5/c1-4-7-10-13-16-19-22-25-27-29-30-31-32-35-37-40-43-46-49-52-58(60)63-56-57(64-59(61)53-50-47-44-41-38-34-24-21-18-15-12-9-6-3)55-62-54-51-48-45-42-39-36-33-28-26-23-20-17-14-11-8-5-2/h7,10,16,19,25-28,30-31,35,37,43,46,57H,4-6,8-9,11-15,17-18,20-24,29,32-34,36,38-42,44-45,47-56H2,1-3H3/b10-7-,19-16-,27-25-,28-26-,31-30-,37-35-,46-43-. The first-order valence-corrected chi connectivity index (χ1v) is 27.1. The molecule has 0 N–H and O–H groups in total. The minimum atomic E-state index is -0.571. The maximum atomic E-state index is 12.8. The molecule has 0 bridgehead atoms. The van der Waals surface area contributed by atoms with Crippen molar-refractivity contribution in [2.24, 2.45) is 0 Å². The van der Waals surface area contributed by atoms with Crippen LogP contribution >= 0.6 is 0 Å². The second-order valence-corrected chi connectivity index (χ2v) is 17.8. The van der Waals surface area contributed by atoms with Gasteiger partial charge in [0.15, 0.2) is 6.10 Å². The molecule has 0 aromatic rings. The smallest absolute Gasteiger partial charge is 0.306 e. The van der Waals surface area contributed by atoms with E-state index in [1.165, 1.54) is 148 Å². The molecule has 0 aliphatic rings. The lowest BCUT2D eigenvalue weighted by atomic mass is 10.0. The summed E-state index contributed by atoms with van der Waals surface area (Å²) in [7, 11) is 0. The van der Waals surface area contributed by atoms with Crippen molar-refractivity contribution in [3.05, 3.63) is 85.1 Å².